The van der Waals surface area contributed by atoms with Crippen LogP contribution in [0.15, 0.2) is 36.4 Å². The van der Waals surface area contributed by atoms with Crippen LogP contribution in [0.5, 0.6) is 0 Å². The lowest BCUT2D eigenvalue weighted by Crippen LogP contribution is -2.33. The minimum Gasteiger partial charge on any atom is -0.395 e. The standard InChI is InChI=1S/C19H26N2O2/c22-14-18-10-5-11-21(18)13-17-9-4-3-8-16(17)12-20-19(23)15-6-1-2-7-15/h1-4,8-9,15,18,22H,5-7,10-14H2,(H,20,23)/t18-/m1/s1. The molecule has 2 aliphatic rings. The van der Waals surface area contributed by atoms with E-state index in [1.807, 2.05) is 12.1 Å². The van der Waals surface area contributed by atoms with Gasteiger partial charge in [-0.05, 0) is 43.4 Å². The molecule has 3 rings (SSSR count). The summed E-state index contributed by atoms with van der Waals surface area (Å²) in [6, 6.07) is 8.57. The summed E-state index contributed by atoms with van der Waals surface area (Å²) in [5.41, 5.74) is 2.42. The molecule has 0 unspecified atom stereocenters. The van der Waals surface area contributed by atoms with E-state index >= 15 is 0 Å². The zero-order valence-electron chi connectivity index (χ0n) is 13.6. The van der Waals surface area contributed by atoms with Crippen LogP contribution >= 0.6 is 0 Å². The summed E-state index contributed by atoms with van der Waals surface area (Å²) in [7, 11) is 0. The largest absolute Gasteiger partial charge is 0.395 e. The Morgan fingerprint density at radius 3 is 2.70 bits per heavy atom. The quantitative estimate of drug-likeness (QED) is 0.792. The summed E-state index contributed by atoms with van der Waals surface area (Å²) in [5.74, 6) is 0.263. The van der Waals surface area contributed by atoms with Crippen molar-refractivity contribution in [2.45, 2.75) is 44.8 Å². The molecule has 0 spiro atoms. The van der Waals surface area contributed by atoms with Crippen LogP contribution in [-0.2, 0) is 17.9 Å². The van der Waals surface area contributed by atoms with Gasteiger partial charge in [0.15, 0.2) is 0 Å². The highest BCUT2D eigenvalue weighted by molar-refractivity contribution is 5.79. The summed E-state index contributed by atoms with van der Waals surface area (Å²) in [4.78, 5) is 14.5. The molecular weight excluding hydrogens is 288 g/mol. The zero-order chi connectivity index (χ0) is 16.1. The lowest BCUT2D eigenvalue weighted by Gasteiger charge is -2.24. The topological polar surface area (TPSA) is 52.6 Å². The molecule has 124 valence electrons. The number of nitrogens with zero attached hydrogens (tertiary/aromatic N) is 1. The van der Waals surface area contributed by atoms with E-state index in [9.17, 15) is 9.90 Å². The number of aliphatic hydroxyl groups excluding tert-OH is 1. The molecule has 1 atom stereocenters. The first-order valence-electron chi connectivity index (χ1n) is 8.62. The van der Waals surface area contributed by atoms with Gasteiger partial charge in [-0.1, -0.05) is 36.4 Å². The van der Waals surface area contributed by atoms with Gasteiger partial charge in [-0.15, -0.1) is 0 Å². The molecule has 0 saturated carbocycles. The summed E-state index contributed by atoms with van der Waals surface area (Å²) in [5, 5.41) is 12.6. The number of aliphatic hydroxyl groups is 1. The third kappa shape index (κ3) is 4.01. The van der Waals surface area contributed by atoms with Crippen molar-refractivity contribution in [3.05, 3.63) is 47.5 Å². The van der Waals surface area contributed by atoms with Crippen LogP contribution in [0.3, 0.4) is 0 Å². The SMILES string of the molecule is O=C(NCc1ccccc1CN1CCC[C@@H]1CO)C1CC=CC1. The second-order valence-corrected chi connectivity index (χ2v) is 6.58. The Hall–Kier alpha value is -1.65. The number of amides is 1. The van der Waals surface area contributed by atoms with Crippen LogP contribution in [0, 0.1) is 5.92 Å². The molecular formula is C19H26N2O2. The maximum absolute atomic E-state index is 12.2. The van der Waals surface area contributed by atoms with Crippen molar-refractivity contribution < 1.29 is 9.90 Å². The monoisotopic (exact) mass is 314 g/mol. The van der Waals surface area contributed by atoms with Crippen LogP contribution < -0.4 is 5.32 Å². The van der Waals surface area contributed by atoms with Gasteiger partial charge in [0.1, 0.15) is 0 Å². The highest BCUT2D eigenvalue weighted by atomic mass is 16.3. The highest BCUT2D eigenvalue weighted by Gasteiger charge is 2.24. The minimum absolute atomic E-state index is 0.111. The van der Waals surface area contributed by atoms with Crippen molar-refractivity contribution in [2.75, 3.05) is 13.2 Å². The van der Waals surface area contributed by atoms with E-state index in [4.69, 9.17) is 0 Å². The molecule has 1 amide bonds. The predicted octanol–water partition coefficient (Wildman–Crippen LogP) is 2.23. The second kappa shape index (κ2) is 7.75. The maximum Gasteiger partial charge on any atom is 0.224 e. The van der Waals surface area contributed by atoms with Gasteiger partial charge in [0.25, 0.3) is 0 Å². The average molecular weight is 314 g/mol. The van der Waals surface area contributed by atoms with E-state index in [0.29, 0.717) is 6.54 Å². The number of carbonyl (C=O) groups is 1. The normalized spacial score (nSPS) is 21.9. The van der Waals surface area contributed by atoms with E-state index < -0.39 is 0 Å². The Morgan fingerprint density at radius 2 is 1.96 bits per heavy atom. The molecule has 1 aromatic rings. The zero-order valence-corrected chi connectivity index (χ0v) is 13.6. The average Bonchev–Trinajstić information content (AvgIpc) is 3.25. The highest BCUT2D eigenvalue weighted by Crippen LogP contribution is 2.22. The first-order chi connectivity index (χ1) is 11.3. The Bertz CT molecular complexity index is 562. The van der Waals surface area contributed by atoms with Gasteiger partial charge in [0, 0.05) is 25.0 Å². The maximum atomic E-state index is 12.2. The molecule has 4 heteroatoms. The molecule has 23 heavy (non-hydrogen) atoms. The lowest BCUT2D eigenvalue weighted by atomic mass is 10.0. The first kappa shape index (κ1) is 16.2. The molecule has 1 aromatic carbocycles. The molecule has 1 heterocycles. The first-order valence-corrected chi connectivity index (χ1v) is 8.62. The molecule has 4 nitrogen and oxygen atoms in total. The fraction of sp³-hybridized carbons (Fsp3) is 0.526. The van der Waals surface area contributed by atoms with E-state index in [1.165, 1.54) is 11.1 Å². The third-order valence-corrected chi connectivity index (χ3v) is 5.03. The van der Waals surface area contributed by atoms with E-state index in [2.05, 4.69) is 34.5 Å². The van der Waals surface area contributed by atoms with Gasteiger partial charge >= 0.3 is 0 Å². The van der Waals surface area contributed by atoms with Gasteiger partial charge in [-0.25, -0.2) is 0 Å². The number of likely N-dealkylation sites (tertiary alicyclic amines) is 1. The van der Waals surface area contributed by atoms with E-state index in [-0.39, 0.29) is 24.5 Å². The second-order valence-electron chi connectivity index (χ2n) is 6.58. The summed E-state index contributed by atoms with van der Waals surface area (Å²) in [6.07, 6.45) is 8.11. The number of hydrogen-bond acceptors (Lipinski definition) is 3. The minimum atomic E-state index is 0.111. The van der Waals surface area contributed by atoms with Gasteiger partial charge in [0.05, 0.1) is 6.61 Å². The lowest BCUT2D eigenvalue weighted by molar-refractivity contribution is -0.124. The number of hydrogen-bond donors (Lipinski definition) is 2. The van der Waals surface area contributed by atoms with Crippen LogP contribution in [0.25, 0.3) is 0 Å². The molecule has 1 aliphatic heterocycles. The molecule has 1 fully saturated rings. The van der Waals surface area contributed by atoms with Gasteiger partial charge in [0.2, 0.25) is 5.91 Å². The van der Waals surface area contributed by atoms with E-state index in [0.717, 1.165) is 38.8 Å². The summed E-state index contributed by atoms with van der Waals surface area (Å²) in [6.45, 7) is 2.71. The van der Waals surface area contributed by atoms with Crippen LogP contribution in [0.4, 0.5) is 0 Å². The molecule has 2 N–H and O–H groups in total. The fourth-order valence-electron chi connectivity index (χ4n) is 3.57. The summed E-state index contributed by atoms with van der Waals surface area (Å²) < 4.78 is 0. The third-order valence-electron chi connectivity index (χ3n) is 5.03. The van der Waals surface area contributed by atoms with Crippen molar-refractivity contribution in [2.24, 2.45) is 5.92 Å². The Morgan fingerprint density at radius 1 is 1.22 bits per heavy atom. The Kier molecular flexibility index (Phi) is 5.47. The molecule has 0 aromatic heterocycles. The van der Waals surface area contributed by atoms with Crippen LogP contribution in [0.2, 0.25) is 0 Å². The molecule has 1 aliphatic carbocycles. The fourth-order valence-corrected chi connectivity index (χ4v) is 3.57. The van der Waals surface area contributed by atoms with Crippen molar-refractivity contribution in [1.82, 2.24) is 10.2 Å². The Balaban J connectivity index is 1.60. The molecule has 1 saturated heterocycles. The molecule has 0 bridgehead atoms. The molecule has 0 radical (unpaired) electrons. The van der Waals surface area contributed by atoms with Gasteiger partial charge < -0.3 is 10.4 Å². The Labute approximate surface area is 138 Å². The van der Waals surface area contributed by atoms with Crippen molar-refractivity contribution in [3.8, 4) is 0 Å². The van der Waals surface area contributed by atoms with Crippen molar-refractivity contribution in [3.63, 3.8) is 0 Å². The van der Waals surface area contributed by atoms with Gasteiger partial charge in [-0.2, -0.15) is 0 Å². The number of benzene rings is 1. The predicted molar refractivity (Wildman–Crippen MR) is 90.7 cm³/mol. The van der Waals surface area contributed by atoms with Crippen molar-refractivity contribution >= 4 is 5.91 Å². The van der Waals surface area contributed by atoms with Crippen molar-refractivity contribution in [1.29, 1.82) is 0 Å². The van der Waals surface area contributed by atoms with Crippen LogP contribution in [-0.4, -0.2) is 35.1 Å². The number of carbonyl (C=O) groups excluding carboxylic acids is 1. The smallest absolute Gasteiger partial charge is 0.224 e. The number of nitrogens with one attached hydrogen (secondary N) is 1. The van der Waals surface area contributed by atoms with Gasteiger partial charge in [-0.3, -0.25) is 9.69 Å². The van der Waals surface area contributed by atoms with E-state index in [1.54, 1.807) is 0 Å². The number of allylic oxidation sites excluding steroid dienone is 2. The number of rotatable bonds is 6. The summed E-state index contributed by atoms with van der Waals surface area (Å²) >= 11 is 0. The van der Waals surface area contributed by atoms with Crippen LogP contribution in [0.1, 0.15) is 36.8 Å².